The van der Waals surface area contributed by atoms with Gasteiger partial charge in [-0.1, -0.05) is 30.3 Å². The molecule has 2 aliphatic rings. The Hall–Kier alpha value is -0.980. The quantitative estimate of drug-likeness (QED) is 0.813. The van der Waals surface area contributed by atoms with Gasteiger partial charge in [0.15, 0.2) is 6.35 Å². The third-order valence-electron chi connectivity index (χ3n) is 3.96. The summed E-state index contributed by atoms with van der Waals surface area (Å²) < 4.78 is 17.2. The molecule has 0 radical (unpaired) electrons. The lowest BCUT2D eigenvalue weighted by atomic mass is 10.2. The highest BCUT2D eigenvalue weighted by Gasteiger charge is 2.28. The Morgan fingerprint density at radius 1 is 0.857 bits per heavy atom. The van der Waals surface area contributed by atoms with E-state index in [1.807, 2.05) is 6.07 Å². The minimum Gasteiger partial charge on any atom is -0.379 e. The van der Waals surface area contributed by atoms with Crippen molar-refractivity contribution in [3.63, 3.8) is 0 Å². The molecule has 5 heteroatoms. The Morgan fingerprint density at radius 2 is 1.38 bits per heavy atom. The van der Waals surface area contributed by atoms with Crippen LogP contribution in [-0.2, 0) is 20.8 Å². The maximum Gasteiger partial charge on any atom is 0.169 e. The van der Waals surface area contributed by atoms with Crippen LogP contribution in [0.25, 0.3) is 0 Å². The van der Waals surface area contributed by atoms with E-state index < -0.39 is 0 Å². The zero-order chi connectivity index (χ0) is 14.3. The fraction of sp³-hybridized carbons (Fsp3) is 0.625. The minimum atomic E-state index is 0.0259. The molecule has 116 valence electrons. The van der Waals surface area contributed by atoms with Gasteiger partial charge in [0.1, 0.15) is 0 Å². The molecule has 21 heavy (non-hydrogen) atoms. The average molecular weight is 292 g/mol. The SMILES string of the molecule is c1ccc(COC(N2CCOCC2)N2CCOCC2)cc1. The van der Waals surface area contributed by atoms with Crippen LogP contribution in [0.4, 0.5) is 0 Å². The fourth-order valence-electron chi connectivity index (χ4n) is 2.78. The fourth-order valence-corrected chi connectivity index (χ4v) is 2.78. The lowest BCUT2D eigenvalue weighted by Gasteiger charge is -2.42. The first-order valence-corrected chi connectivity index (χ1v) is 7.72. The van der Waals surface area contributed by atoms with Crippen LogP contribution < -0.4 is 0 Å². The highest BCUT2D eigenvalue weighted by atomic mass is 16.5. The van der Waals surface area contributed by atoms with E-state index in [4.69, 9.17) is 14.2 Å². The molecule has 2 saturated heterocycles. The van der Waals surface area contributed by atoms with Crippen LogP contribution in [0.3, 0.4) is 0 Å². The largest absolute Gasteiger partial charge is 0.379 e. The van der Waals surface area contributed by atoms with E-state index in [9.17, 15) is 0 Å². The molecule has 0 unspecified atom stereocenters. The van der Waals surface area contributed by atoms with Crippen LogP contribution in [0.5, 0.6) is 0 Å². The molecule has 0 aliphatic carbocycles. The van der Waals surface area contributed by atoms with Crippen LogP contribution in [0.2, 0.25) is 0 Å². The van der Waals surface area contributed by atoms with E-state index in [-0.39, 0.29) is 6.35 Å². The van der Waals surface area contributed by atoms with Crippen molar-refractivity contribution in [2.24, 2.45) is 0 Å². The summed E-state index contributed by atoms with van der Waals surface area (Å²) >= 11 is 0. The summed E-state index contributed by atoms with van der Waals surface area (Å²) in [5.41, 5.74) is 1.21. The van der Waals surface area contributed by atoms with Crippen LogP contribution in [0.15, 0.2) is 30.3 Å². The van der Waals surface area contributed by atoms with Gasteiger partial charge >= 0.3 is 0 Å². The predicted molar refractivity (Wildman–Crippen MR) is 79.8 cm³/mol. The van der Waals surface area contributed by atoms with Crippen molar-refractivity contribution in [2.45, 2.75) is 13.0 Å². The van der Waals surface area contributed by atoms with Crippen LogP contribution in [-0.4, -0.2) is 68.8 Å². The van der Waals surface area contributed by atoms with Crippen LogP contribution in [0.1, 0.15) is 5.56 Å². The minimum absolute atomic E-state index is 0.0259. The van der Waals surface area contributed by atoms with Crippen molar-refractivity contribution < 1.29 is 14.2 Å². The summed E-state index contributed by atoms with van der Waals surface area (Å²) in [7, 11) is 0. The molecule has 1 aromatic rings. The monoisotopic (exact) mass is 292 g/mol. The summed E-state index contributed by atoms with van der Waals surface area (Å²) in [6.45, 7) is 7.50. The Labute approximate surface area is 126 Å². The second-order valence-corrected chi connectivity index (χ2v) is 5.42. The van der Waals surface area contributed by atoms with Crippen LogP contribution >= 0.6 is 0 Å². The molecule has 0 spiro atoms. The second-order valence-electron chi connectivity index (χ2n) is 5.42. The molecule has 2 aliphatic heterocycles. The average Bonchev–Trinajstić information content (AvgIpc) is 2.58. The first-order valence-electron chi connectivity index (χ1n) is 7.72. The van der Waals surface area contributed by atoms with E-state index in [1.165, 1.54) is 5.56 Å². The lowest BCUT2D eigenvalue weighted by Crippen LogP contribution is -2.56. The van der Waals surface area contributed by atoms with Gasteiger partial charge in [0.25, 0.3) is 0 Å². The topological polar surface area (TPSA) is 34.2 Å². The molecule has 3 rings (SSSR count). The van der Waals surface area contributed by atoms with Gasteiger partial charge in [0.2, 0.25) is 0 Å². The predicted octanol–water partition coefficient (Wildman–Crippen LogP) is 1.15. The summed E-state index contributed by atoms with van der Waals surface area (Å²) in [4.78, 5) is 4.75. The van der Waals surface area contributed by atoms with Crippen molar-refractivity contribution in [1.82, 2.24) is 9.80 Å². The third kappa shape index (κ3) is 4.25. The van der Waals surface area contributed by atoms with Crippen molar-refractivity contribution in [2.75, 3.05) is 52.6 Å². The van der Waals surface area contributed by atoms with Crippen LogP contribution in [0, 0.1) is 0 Å². The Morgan fingerprint density at radius 3 is 1.90 bits per heavy atom. The van der Waals surface area contributed by atoms with Gasteiger partial charge in [-0.3, -0.25) is 9.80 Å². The smallest absolute Gasteiger partial charge is 0.169 e. The van der Waals surface area contributed by atoms with Gasteiger partial charge in [-0.2, -0.15) is 0 Å². The maximum atomic E-state index is 6.25. The van der Waals surface area contributed by atoms with Crippen molar-refractivity contribution in [3.05, 3.63) is 35.9 Å². The van der Waals surface area contributed by atoms with Gasteiger partial charge in [0, 0.05) is 26.2 Å². The highest BCUT2D eigenvalue weighted by molar-refractivity contribution is 5.13. The van der Waals surface area contributed by atoms with Gasteiger partial charge in [-0.05, 0) is 5.56 Å². The first-order chi connectivity index (χ1) is 10.4. The number of morpholine rings is 2. The lowest BCUT2D eigenvalue weighted by molar-refractivity contribution is -0.193. The zero-order valence-electron chi connectivity index (χ0n) is 12.4. The number of nitrogens with zero attached hydrogens (tertiary/aromatic N) is 2. The second kappa shape index (κ2) is 7.87. The first kappa shape index (κ1) is 14.9. The Balaban J connectivity index is 1.62. The van der Waals surface area contributed by atoms with Gasteiger partial charge < -0.3 is 14.2 Å². The van der Waals surface area contributed by atoms with E-state index in [0.29, 0.717) is 6.61 Å². The Bertz CT molecular complexity index is 385. The molecule has 2 fully saturated rings. The Kier molecular flexibility index (Phi) is 5.60. The summed E-state index contributed by atoms with van der Waals surface area (Å²) in [5.74, 6) is 0. The summed E-state index contributed by atoms with van der Waals surface area (Å²) in [6, 6.07) is 10.4. The van der Waals surface area contributed by atoms with Crippen molar-refractivity contribution in [3.8, 4) is 0 Å². The molecule has 2 heterocycles. The molecule has 5 nitrogen and oxygen atoms in total. The number of ether oxygens (including phenoxy) is 3. The van der Waals surface area contributed by atoms with Gasteiger partial charge in [-0.15, -0.1) is 0 Å². The summed E-state index contributed by atoms with van der Waals surface area (Å²) in [5, 5.41) is 0. The molecule has 0 N–H and O–H groups in total. The van der Waals surface area contributed by atoms with E-state index in [1.54, 1.807) is 0 Å². The van der Waals surface area contributed by atoms with Gasteiger partial charge in [0.05, 0.1) is 33.0 Å². The highest BCUT2D eigenvalue weighted by Crippen LogP contribution is 2.15. The molecule has 0 atom stereocenters. The molecule has 0 saturated carbocycles. The van der Waals surface area contributed by atoms with Crippen molar-refractivity contribution >= 4 is 0 Å². The van der Waals surface area contributed by atoms with Gasteiger partial charge in [-0.25, -0.2) is 0 Å². The molecule has 1 aromatic carbocycles. The van der Waals surface area contributed by atoms with Crippen molar-refractivity contribution in [1.29, 1.82) is 0 Å². The molecular weight excluding hydrogens is 268 g/mol. The van der Waals surface area contributed by atoms with E-state index in [2.05, 4.69) is 34.1 Å². The summed E-state index contributed by atoms with van der Waals surface area (Å²) in [6.07, 6.45) is 0.0259. The number of rotatable bonds is 5. The van der Waals surface area contributed by atoms with E-state index >= 15 is 0 Å². The molecule has 0 amide bonds. The molecule has 0 aromatic heterocycles. The normalized spacial score (nSPS) is 21.8. The molecule has 0 bridgehead atoms. The number of benzene rings is 1. The number of hydrogen-bond donors (Lipinski definition) is 0. The third-order valence-corrected chi connectivity index (χ3v) is 3.96. The maximum absolute atomic E-state index is 6.25. The van der Waals surface area contributed by atoms with E-state index in [0.717, 1.165) is 52.6 Å². The number of hydrogen-bond acceptors (Lipinski definition) is 5. The zero-order valence-corrected chi connectivity index (χ0v) is 12.4. The molecular formula is C16H24N2O3. The standard InChI is InChI=1S/C16H24N2O3/c1-2-4-15(5-3-1)14-21-16(17-6-10-19-11-7-17)18-8-12-20-13-9-18/h1-5,16H,6-14H2.